The van der Waals surface area contributed by atoms with Crippen molar-refractivity contribution in [2.24, 2.45) is 23.7 Å². The van der Waals surface area contributed by atoms with Gasteiger partial charge in [0.25, 0.3) is 5.56 Å². The highest BCUT2D eigenvalue weighted by atomic mass is 19.4. The average molecular weight is 472 g/mol. The minimum atomic E-state index is -4.57. The summed E-state index contributed by atoms with van der Waals surface area (Å²) < 4.78 is 46.6. The molecule has 1 saturated heterocycles. The van der Waals surface area contributed by atoms with Crippen LogP contribution in [-0.2, 0) is 24.0 Å². The Morgan fingerprint density at radius 1 is 1.18 bits per heavy atom. The molecule has 0 spiro atoms. The van der Waals surface area contributed by atoms with Crippen LogP contribution in [0.25, 0.3) is 0 Å². The fourth-order valence-electron chi connectivity index (χ4n) is 5.99. The maximum atomic E-state index is 13.2. The molecular formula is C24H36F3N3O3. The second kappa shape index (κ2) is 9.68. The number of aliphatic hydroxyl groups is 1. The lowest BCUT2D eigenvalue weighted by atomic mass is 9.84. The van der Waals surface area contributed by atoms with Gasteiger partial charge in [0.15, 0.2) is 0 Å². The summed E-state index contributed by atoms with van der Waals surface area (Å²) in [5, 5.41) is 15.2. The number of rotatable bonds is 5. The van der Waals surface area contributed by atoms with E-state index in [0.717, 1.165) is 38.5 Å². The zero-order valence-electron chi connectivity index (χ0n) is 19.6. The van der Waals surface area contributed by atoms with Crippen LogP contribution < -0.4 is 10.9 Å². The number of nitrogens with one attached hydrogen (secondary N) is 1. The average Bonchev–Trinajstić information content (AvgIpc) is 3.18. The Morgan fingerprint density at radius 2 is 1.91 bits per heavy atom. The van der Waals surface area contributed by atoms with E-state index >= 15 is 0 Å². The number of aliphatic hydroxyl groups excluding tert-OH is 1. The van der Waals surface area contributed by atoms with Crippen LogP contribution in [0.3, 0.4) is 0 Å². The fraction of sp³-hybridized carbons (Fsp3) is 0.792. The van der Waals surface area contributed by atoms with Crippen molar-refractivity contribution in [2.45, 2.75) is 77.6 Å². The van der Waals surface area contributed by atoms with Crippen molar-refractivity contribution in [3.05, 3.63) is 33.7 Å². The Bertz CT molecular complexity index is 888. The Kier molecular flexibility index (Phi) is 7.24. The van der Waals surface area contributed by atoms with Gasteiger partial charge in [0, 0.05) is 56.0 Å². The fourth-order valence-corrected chi connectivity index (χ4v) is 5.99. The first-order valence-corrected chi connectivity index (χ1v) is 12.1. The second-order valence-corrected chi connectivity index (χ2v) is 10.5. The quantitative estimate of drug-likeness (QED) is 0.691. The van der Waals surface area contributed by atoms with Gasteiger partial charge in [-0.3, -0.25) is 9.69 Å². The lowest BCUT2D eigenvalue weighted by Crippen LogP contribution is -2.48. The van der Waals surface area contributed by atoms with Gasteiger partial charge in [-0.15, -0.1) is 0 Å². The number of fused-ring (bicyclic) bond motifs is 1. The number of hydrogen-bond acceptors (Lipinski definition) is 5. The van der Waals surface area contributed by atoms with Crippen molar-refractivity contribution in [1.82, 2.24) is 14.8 Å². The summed E-state index contributed by atoms with van der Waals surface area (Å²) in [7, 11) is 0. The van der Waals surface area contributed by atoms with Gasteiger partial charge in [-0.25, -0.2) is 0 Å². The SMILES string of the molecule is CC(C)C1CC(N[C@H]2CCOC[C@H]2C)CC1[C@@H](O)N1CCn2c(cc(C(F)(F)F)cc2=O)C1. The van der Waals surface area contributed by atoms with Crippen LogP contribution in [-0.4, -0.2) is 52.6 Å². The molecule has 0 amide bonds. The third-order valence-corrected chi connectivity index (χ3v) is 7.88. The Morgan fingerprint density at radius 3 is 2.58 bits per heavy atom. The van der Waals surface area contributed by atoms with Crippen LogP contribution in [0, 0.1) is 23.7 Å². The van der Waals surface area contributed by atoms with Gasteiger partial charge in [0.05, 0.1) is 12.2 Å². The smallest absolute Gasteiger partial charge is 0.381 e. The Balaban J connectivity index is 1.48. The normalized spacial score (nSPS) is 32.2. The molecule has 1 aromatic heterocycles. The number of alkyl halides is 3. The number of halogens is 3. The van der Waals surface area contributed by atoms with E-state index in [-0.39, 0.29) is 19.0 Å². The van der Waals surface area contributed by atoms with Crippen LogP contribution in [0.15, 0.2) is 16.9 Å². The minimum absolute atomic E-state index is 0.0294. The van der Waals surface area contributed by atoms with E-state index < -0.39 is 23.5 Å². The second-order valence-electron chi connectivity index (χ2n) is 10.5. The molecule has 1 aliphatic carbocycles. The third kappa shape index (κ3) is 5.31. The van der Waals surface area contributed by atoms with Crippen LogP contribution >= 0.6 is 0 Å². The first-order chi connectivity index (χ1) is 15.5. The molecule has 2 fully saturated rings. The maximum Gasteiger partial charge on any atom is 0.416 e. The highest BCUT2D eigenvalue weighted by Crippen LogP contribution is 2.41. The molecule has 3 unspecified atom stereocenters. The van der Waals surface area contributed by atoms with Crippen LogP contribution in [0.5, 0.6) is 0 Å². The van der Waals surface area contributed by atoms with Crippen molar-refractivity contribution < 1.29 is 23.0 Å². The minimum Gasteiger partial charge on any atom is -0.381 e. The van der Waals surface area contributed by atoms with Crippen molar-refractivity contribution >= 4 is 0 Å². The largest absolute Gasteiger partial charge is 0.416 e. The van der Waals surface area contributed by atoms with Gasteiger partial charge >= 0.3 is 6.18 Å². The van der Waals surface area contributed by atoms with E-state index in [0.29, 0.717) is 48.1 Å². The summed E-state index contributed by atoms with van der Waals surface area (Å²) in [6.45, 7) is 8.92. The van der Waals surface area contributed by atoms with Gasteiger partial charge in [0.2, 0.25) is 0 Å². The molecule has 4 rings (SSSR count). The summed E-state index contributed by atoms with van der Waals surface area (Å²) in [5.74, 6) is 1.18. The van der Waals surface area contributed by atoms with E-state index in [1.165, 1.54) is 4.57 Å². The molecule has 0 radical (unpaired) electrons. The molecule has 2 N–H and O–H groups in total. The van der Waals surface area contributed by atoms with E-state index in [9.17, 15) is 23.1 Å². The summed E-state index contributed by atoms with van der Waals surface area (Å²) in [4.78, 5) is 14.1. The molecule has 1 saturated carbocycles. The summed E-state index contributed by atoms with van der Waals surface area (Å²) in [6.07, 6.45) is -2.53. The summed E-state index contributed by atoms with van der Waals surface area (Å²) in [6, 6.07) is 2.42. The molecule has 33 heavy (non-hydrogen) atoms. The standard InChI is InChI=1S/C24H36F3N3O3/c1-14(2)19-10-17(28-21-4-7-33-13-15(21)3)11-20(19)23(32)29-5-6-30-18(12-29)8-16(9-22(30)31)24(25,26)27/h8-9,14-15,17,19-21,23,28,32H,4-7,10-13H2,1-3H3/t15-,17?,19?,20?,21+,23-/m1/s1. The van der Waals surface area contributed by atoms with Gasteiger partial charge in [0.1, 0.15) is 6.23 Å². The predicted molar refractivity (Wildman–Crippen MR) is 118 cm³/mol. The van der Waals surface area contributed by atoms with E-state index in [1.54, 1.807) is 0 Å². The zero-order valence-corrected chi connectivity index (χ0v) is 19.6. The summed E-state index contributed by atoms with van der Waals surface area (Å²) in [5.41, 5.74) is -1.25. The molecule has 3 aliphatic rings. The lowest BCUT2D eigenvalue weighted by Gasteiger charge is -2.38. The molecule has 0 bridgehead atoms. The van der Waals surface area contributed by atoms with Crippen molar-refractivity contribution in [3.63, 3.8) is 0 Å². The highest BCUT2D eigenvalue weighted by Gasteiger charge is 2.43. The molecule has 6 nitrogen and oxygen atoms in total. The molecule has 2 aliphatic heterocycles. The van der Waals surface area contributed by atoms with E-state index in [2.05, 4.69) is 26.1 Å². The Labute approximate surface area is 193 Å². The topological polar surface area (TPSA) is 66.7 Å². The zero-order chi connectivity index (χ0) is 23.9. The van der Waals surface area contributed by atoms with E-state index in [4.69, 9.17) is 4.74 Å². The van der Waals surface area contributed by atoms with E-state index in [1.807, 2.05) is 4.90 Å². The van der Waals surface area contributed by atoms with Crippen LogP contribution in [0.2, 0.25) is 0 Å². The van der Waals surface area contributed by atoms with Gasteiger partial charge < -0.3 is 19.7 Å². The molecule has 3 heterocycles. The number of hydrogen-bond donors (Lipinski definition) is 2. The molecule has 0 aromatic carbocycles. The molecule has 9 heteroatoms. The summed E-state index contributed by atoms with van der Waals surface area (Å²) >= 11 is 0. The van der Waals surface area contributed by atoms with Crippen molar-refractivity contribution in [1.29, 1.82) is 0 Å². The van der Waals surface area contributed by atoms with Gasteiger partial charge in [-0.05, 0) is 43.1 Å². The number of pyridine rings is 1. The molecule has 6 atom stereocenters. The molecule has 186 valence electrons. The van der Waals surface area contributed by atoms with Gasteiger partial charge in [-0.2, -0.15) is 13.2 Å². The first kappa shape index (κ1) is 24.7. The Hall–Kier alpha value is -1.42. The maximum absolute atomic E-state index is 13.2. The number of nitrogens with zero attached hydrogens (tertiary/aromatic N) is 2. The van der Waals surface area contributed by atoms with Crippen LogP contribution in [0.4, 0.5) is 13.2 Å². The first-order valence-electron chi connectivity index (χ1n) is 12.1. The monoisotopic (exact) mass is 471 g/mol. The van der Waals surface area contributed by atoms with Crippen molar-refractivity contribution in [3.8, 4) is 0 Å². The van der Waals surface area contributed by atoms with Crippen LogP contribution in [0.1, 0.15) is 51.3 Å². The number of ether oxygens (including phenoxy) is 1. The number of aromatic nitrogens is 1. The molecular weight excluding hydrogens is 435 g/mol. The highest BCUT2D eigenvalue weighted by molar-refractivity contribution is 5.22. The molecule has 1 aromatic rings. The van der Waals surface area contributed by atoms with Gasteiger partial charge in [-0.1, -0.05) is 20.8 Å². The lowest BCUT2D eigenvalue weighted by molar-refractivity contribution is -0.138. The van der Waals surface area contributed by atoms with Crippen molar-refractivity contribution in [2.75, 3.05) is 19.8 Å². The third-order valence-electron chi connectivity index (χ3n) is 7.88. The predicted octanol–water partition coefficient (Wildman–Crippen LogP) is 3.07.